The molecule has 0 aliphatic carbocycles. The van der Waals surface area contributed by atoms with E-state index >= 15 is 0 Å². The molecule has 0 saturated heterocycles. The van der Waals surface area contributed by atoms with Gasteiger partial charge < -0.3 is 9.15 Å². The summed E-state index contributed by atoms with van der Waals surface area (Å²) >= 11 is 3.41. The first-order chi connectivity index (χ1) is 12.7. The molecule has 2 heterocycles. The summed E-state index contributed by atoms with van der Waals surface area (Å²) in [6.07, 6.45) is 1.60. The third-order valence-electron chi connectivity index (χ3n) is 3.75. The lowest BCUT2D eigenvalue weighted by molar-refractivity contribution is 0.415. The summed E-state index contributed by atoms with van der Waals surface area (Å²) in [5.41, 5.74) is 2.49. The van der Waals surface area contributed by atoms with Crippen LogP contribution in [0.3, 0.4) is 0 Å². The van der Waals surface area contributed by atoms with Crippen molar-refractivity contribution in [2.24, 2.45) is 0 Å². The zero-order chi connectivity index (χ0) is 17.9. The van der Waals surface area contributed by atoms with E-state index in [0.717, 1.165) is 27.0 Å². The number of hydrogen-bond donors (Lipinski definition) is 0. The standard InChI is InChI=1S/C18H14BrN5O2/c1-25-16-8-4-13(5-9-16)18-20-15(11-26-18)10-24-22-17(21-23-24)12-2-6-14(19)7-3-12/h2-9,11H,10H2,1H3. The molecule has 8 heteroatoms. The molecule has 7 nitrogen and oxygen atoms in total. The maximum Gasteiger partial charge on any atom is 0.226 e. The first kappa shape index (κ1) is 16.5. The largest absolute Gasteiger partial charge is 0.497 e. The van der Waals surface area contributed by atoms with Gasteiger partial charge in [0, 0.05) is 15.6 Å². The number of hydrogen-bond acceptors (Lipinski definition) is 6. The van der Waals surface area contributed by atoms with E-state index in [1.807, 2.05) is 48.5 Å². The first-order valence-corrected chi connectivity index (χ1v) is 8.63. The summed E-state index contributed by atoms with van der Waals surface area (Å²) in [5.74, 6) is 1.89. The number of ether oxygens (including phenoxy) is 1. The van der Waals surface area contributed by atoms with Crippen molar-refractivity contribution in [1.82, 2.24) is 25.2 Å². The Hall–Kier alpha value is -3.00. The molecule has 0 atom stereocenters. The van der Waals surface area contributed by atoms with Gasteiger partial charge in [-0.1, -0.05) is 15.9 Å². The zero-order valence-electron chi connectivity index (χ0n) is 13.8. The average Bonchev–Trinajstić information content (AvgIpc) is 3.33. The van der Waals surface area contributed by atoms with Crippen LogP contribution >= 0.6 is 15.9 Å². The number of methoxy groups -OCH3 is 1. The molecule has 0 N–H and O–H groups in total. The van der Waals surface area contributed by atoms with E-state index in [4.69, 9.17) is 9.15 Å². The van der Waals surface area contributed by atoms with Gasteiger partial charge in [-0.2, -0.15) is 4.80 Å². The van der Waals surface area contributed by atoms with Crippen LogP contribution in [0.2, 0.25) is 0 Å². The summed E-state index contributed by atoms with van der Waals surface area (Å²) in [6.45, 7) is 0.378. The molecular formula is C18H14BrN5O2. The minimum Gasteiger partial charge on any atom is -0.497 e. The lowest BCUT2D eigenvalue weighted by Gasteiger charge is -1.99. The van der Waals surface area contributed by atoms with E-state index in [1.54, 1.807) is 13.4 Å². The second-order valence-corrected chi connectivity index (χ2v) is 6.44. The van der Waals surface area contributed by atoms with E-state index in [9.17, 15) is 0 Å². The normalized spacial score (nSPS) is 10.8. The van der Waals surface area contributed by atoms with Crippen LogP contribution in [0.5, 0.6) is 5.75 Å². The van der Waals surface area contributed by atoms with Crippen LogP contribution in [0.25, 0.3) is 22.8 Å². The van der Waals surface area contributed by atoms with Crippen LogP contribution in [-0.4, -0.2) is 32.3 Å². The van der Waals surface area contributed by atoms with E-state index in [2.05, 4.69) is 36.3 Å². The molecule has 0 saturated carbocycles. The van der Waals surface area contributed by atoms with Crippen LogP contribution < -0.4 is 4.74 Å². The Labute approximate surface area is 157 Å². The number of nitrogens with zero attached hydrogens (tertiary/aromatic N) is 5. The van der Waals surface area contributed by atoms with Crippen molar-refractivity contribution in [1.29, 1.82) is 0 Å². The molecule has 2 aromatic heterocycles. The molecule has 0 aliphatic rings. The van der Waals surface area contributed by atoms with Crippen molar-refractivity contribution in [2.75, 3.05) is 7.11 Å². The molecule has 0 fully saturated rings. The molecule has 26 heavy (non-hydrogen) atoms. The van der Waals surface area contributed by atoms with Gasteiger partial charge in [0.15, 0.2) is 0 Å². The summed E-state index contributed by atoms with van der Waals surface area (Å²) in [6, 6.07) is 15.3. The first-order valence-electron chi connectivity index (χ1n) is 7.84. The minimum atomic E-state index is 0.378. The Morgan fingerprint density at radius 2 is 1.77 bits per heavy atom. The predicted octanol–water partition coefficient (Wildman–Crippen LogP) is 3.81. The lowest BCUT2D eigenvalue weighted by atomic mass is 10.2. The average molecular weight is 412 g/mol. The number of tetrazole rings is 1. The smallest absolute Gasteiger partial charge is 0.226 e. The molecule has 0 bridgehead atoms. The topological polar surface area (TPSA) is 78.9 Å². The van der Waals surface area contributed by atoms with Crippen molar-refractivity contribution in [3.63, 3.8) is 0 Å². The molecule has 0 unspecified atom stereocenters. The van der Waals surface area contributed by atoms with Crippen molar-refractivity contribution < 1.29 is 9.15 Å². The lowest BCUT2D eigenvalue weighted by Crippen LogP contribution is -2.04. The minimum absolute atomic E-state index is 0.378. The maximum atomic E-state index is 5.55. The van der Waals surface area contributed by atoms with E-state index < -0.39 is 0 Å². The SMILES string of the molecule is COc1ccc(-c2nc(Cn3nnc(-c4ccc(Br)cc4)n3)co2)cc1. The second kappa shape index (κ2) is 7.09. The van der Waals surface area contributed by atoms with E-state index in [1.165, 1.54) is 4.80 Å². The van der Waals surface area contributed by atoms with Crippen molar-refractivity contribution in [3.8, 4) is 28.6 Å². The molecule has 0 amide bonds. The Kier molecular flexibility index (Phi) is 4.49. The van der Waals surface area contributed by atoms with Crippen LogP contribution in [0.15, 0.2) is 63.7 Å². The maximum absolute atomic E-state index is 5.55. The van der Waals surface area contributed by atoms with Crippen LogP contribution in [0, 0.1) is 0 Å². The molecule has 130 valence electrons. The fourth-order valence-electron chi connectivity index (χ4n) is 2.42. The Bertz CT molecular complexity index is 1010. The second-order valence-electron chi connectivity index (χ2n) is 5.52. The van der Waals surface area contributed by atoms with Crippen LogP contribution in [-0.2, 0) is 6.54 Å². The highest BCUT2D eigenvalue weighted by Gasteiger charge is 2.10. The Morgan fingerprint density at radius 3 is 2.50 bits per heavy atom. The van der Waals surface area contributed by atoms with Crippen LogP contribution in [0.1, 0.15) is 5.69 Å². The third kappa shape index (κ3) is 3.50. The molecule has 0 spiro atoms. The Morgan fingerprint density at radius 1 is 1.04 bits per heavy atom. The van der Waals surface area contributed by atoms with Gasteiger partial charge in [-0.25, -0.2) is 4.98 Å². The Balaban J connectivity index is 1.49. The van der Waals surface area contributed by atoms with Gasteiger partial charge in [-0.15, -0.1) is 10.2 Å². The quantitative estimate of drug-likeness (QED) is 0.496. The summed E-state index contributed by atoms with van der Waals surface area (Å²) in [7, 11) is 1.63. The molecule has 4 aromatic rings. The highest BCUT2D eigenvalue weighted by molar-refractivity contribution is 9.10. The number of benzene rings is 2. The van der Waals surface area contributed by atoms with E-state index in [0.29, 0.717) is 18.3 Å². The number of aromatic nitrogens is 5. The van der Waals surface area contributed by atoms with Crippen LogP contribution in [0.4, 0.5) is 0 Å². The summed E-state index contributed by atoms with van der Waals surface area (Å²) in [5, 5.41) is 12.6. The fourth-order valence-corrected chi connectivity index (χ4v) is 2.68. The third-order valence-corrected chi connectivity index (χ3v) is 4.28. The molecule has 0 radical (unpaired) electrons. The summed E-state index contributed by atoms with van der Waals surface area (Å²) < 4.78 is 11.7. The van der Waals surface area contributed by atoms with Gasteiger partial charge in [0.2, 0.25) is 11.7 Å². The molecule has 2 aromatic carbocycles. The number of rotatable bonds is 5. The van der Waals surface area contributed by atoms with Gasteiger partial charge >= 0.3 is 0 Å². The molecular weight excluding hydrogens is 398 g/mol. The number of halogens is 1. The predicted molar refractivity (Wildman–Crippen MR) is 98.5 cm³/mol. The van der Waals surface area contributed by atoms with Gasteiger partial charge in [0.1, 0.15) is 24.3 Å². The number of oxazole rings is 1. The van der Waals surface area contributed by atoms with Crippen molar-refractivity contribution in [3.05, 3.63) is 65.0 Å². The highest BCUT2D eigenvalue weighted by atomic mass is 79.9. The fraction of sp³-hybridized carbons (Fsp3) is 0.111. The van der Waals surface area contributed by atoms with E-state index in [-0.39, 0.29) is 0 Å². The van der Waals surface area contributed by atoms with Crippen molar-refractivity contribution in [2.45, 2.75) is 6.54 Å². The monoisotopic (exact) mass is 411 g/mol. The van der Waals surface area contributed by atoms with Gasteiger partial charge in [0.05, 0.1) is 7.11 Å². The van der Waals surface area contributed by atoms with Gasteiger partial charge in [-0.05, 0) is 53.7 Å². The zero-order valence-corrected chi connectivity index (χ0v) is 15.4. The molecule has 4 rings (SSSR count). The van der Waals surface area contributed by atoms with Gasteiger partial charge in [-0.3, -0.25) is 0 Å². The summed E-state index contributed by atoms with van der Waals surface area (Å²) in [4.78, 5) is 5.98. The molecule has 0 aliphatic heterocycles. The van der Waals surface area contributed by atoms with Gasteiger partial charge in [0.25, 0.3) is 0 Å². The van der Waals surface area contributed by atoms with Crippen molar-refractivity contribution >= 4 is 15.9 Å². The highest BCUT2D eigenvalue weighted by Crippen LogP contribution is 2.22.